The van der Waals surface area contributed by atoms with E-state index in [9.17, 15) is 4.79 Å². The van der Waals surface area contributed by atoms with E-state index in [2.05, 4.69) is 41.2 Å². The molecule has 0 bridgehead atoms. The smallest absolute Gasteiger partial charge is 0.259 e. The Bertz CT molecular complexity index is 1390. The van der Waals surface area contributed by atoms with Crippen molar-refractivity contribution in [2.45, 2.75) is 39.2 Å². The maximum Gasteiger partial charge on any atom is 0.259 e. The summed E-state index contributed by atoms with van der Waals surface area (Å²) in [6.45, 7) is 5.64. The van der Waals surface area contributed by atoms with Gasteiger partial charge in [0.05, 0.1) is 29.2 Å². The van der Waals surface area contributed by atoms with E-state index >= 15 is 0 Å². The second kappa shape index (κ2) is 10.1. The Balaban J connectivity index is 1.50. The predicted molar refractivity (Wildman–Crippen MR) is 147 cm³/mol. The predicted octanol–water partition coefficient (Wildman–Crippen LogP) is 6.22. The highest BCUT2D eigenvalue weighted by Crippen LogP contribution is 2.39. The lowest BCUT2D eigenvalue weighted by Gasteiger charge is -2.40. The van der Waals surface area contributed by atoms with Crippen LogP contribution >= 0.6 is 11.3 Å². The number of carbonyl (C=O) groups is 1. The molecule has 2 aromatic heterocycles. The summed E-state index contributed by atoms with van der Waals surface area (Å²) in [6.07, 6.45) is 5.43. The molecule has 186 valence electrons. The van der Waals surface area contributed by atoms with E-state index in [1.807, 2.05) is 36.4 Å². The summed E-state index contributed by atoms with van der Waals surface area (Å²) in [7, 11) is 1.68. The first-order chi connectivity index (χ1) is 17.5. The molecule has 0 spiro atoms. The average Bonchev–Trinajstić information content (AvgIpc) is 3.28. The van der Waals surface area contributed by atoms with Gasteiger partial charge in [-0.25, -0.2) is 9.97 Å². The molecule has 3 N–H and O–H groups in total. The van der Waals surface area contributed by atoms with Gasteiger partial charge in [-0.2, -0.15) is 0 Å². The van der Waals surface area contributed by atoms with E-state index in [4.69, 9.17) is 15.5 Å². The van der Waals surface area contributed by atoms with Gasteiger partial charge in [-0.15, -0.1) is 11.3 Å². The third kappa shape index (κ3) is 4.60. The van der Waals surface area contributed by atoms with Crippen molar-refractivity contribution in [3.8, 4) is 16.9 Å². The zero-order chi connectivity index (χ0) is 25.2. The molecule has 7 nitrogen and oxygen atoms in total. The van der Waals surface area contributed by atoms with Gasteiger partial charge in [0.2, 0.25) is 5.95 Å². The van der Waals surface area contributed by atoms with Crippen molar-refractivity contribution in [2.24, 2.45) is 11.7 Å². The number of amides is 1. The minimum absolute atomic E-state index is 0.428. The monoisotopic (exact) mass is 501 g/mol. The van der Waals surface area contributed by atoms with Crippen LogP contribution in [0.1, 0.15) is 42.8 Å². The van der Waals surface area contributed by atoms with E-state index in [1.54, 1.807) is 13.3 Å². The molecule has 36 heavy (non-hydrogen) atoms. The topological polar surface area (TPSA) is 93.4 Å². The van der Waals surface area contributed by atoms with E-state index in [0.29, 0.717) is 28.3 Å². The molecule has 2 aromatic carbocycles. The molecule has 4 aromatic rings. The van der Waals surface area contributed by atoms with Crippen LogP contribution in [-0.4, -0.2) is 35.6 Å². The molecule has 1 atom stereocenters. The highest BCUT2D eigenvalue weighted by molar-refractivity contribution is 7.21. The summed E-state index contributed by atoms with van der Waals surface area (Å²) in [5, 5.41) is 3.32. The summed E-state index contributed by atoms with van der Waals surface area (Å²) >= 11 is 1.31. The fraction of sp³-hybridized carbons (Fsp3) is 0.321. The number of methoxy groups -OCH3 is 1. The van der Waals surface area contributed by atoms with Gasteiger partial charge < -0.3 is 20.7 Å². The molecule has 5 rings (SSSR count). The molecular formula is C28H31N5O2S. The summed E-state index contributed by atoms with van der Waals surface area (Å²) in [6, 6.07) is 16.5. The number of anilines is 3. The van der Waals surface area contributed by atoms with E-state index in [0.717, 1.165) is 33.8 Å². The van der Waals surface area contributed by atoms with E-state index in [1.165, 1.54) is 36.3 Å². The molecule has 1 fully saturated rings. The standard InChI is InChI=1S/C28H31N5O2S/c1-17(2)21-11-7-8-14-33(21)19-12-13-20(22(15-19)35-3)31-28-30-16-23-25(32-28)24(26(36-23)27(29)34)18-9-5-4-6-10-18/h4-6,9-10,12-13,15-17,21H,7-8,11,14H2,1-3H3,(H2,29,34)(H,30,31,32). The zero-order valence-electron chi connectivity index (χ0n) is 20.8. The number of ether oxygens (including phenoxy) is 1. The Labute approximate surface area is 215 Å². The summed E-state index contributed by atoms with van der Waals surface area (Å²) in [4.78, 5) is 24.5. The molecule has 0 radical (unpaired) electrons. The minimum Gasteiger partial charge on any atom is -0.494 e. The van der Waals surface area contributed by atoms with Crippen LogP contribution in [0.5, 0.6) is 5.75 Å². The molecule has 0 aliphatic carbocycles. The maximum atomic E-state index is 12.2. The number of primary amides is 1. The molecule has 1 aliphatic rings. The molecule has 1 unspecified atom stereocenters. The molecule has 8 heteroatoms. The molecule has 0 saturated carbocycles. The minimum atomic E-state index is -0.471. The van der Waals surface area contributed by atoms with E-state index in [-0.39, 0.29) is 0 Å². The Morgan fingerprint density at radius 2 is 2.00 bits per heavy atom. The van der Waals surface area contributed by atoms with Gasteiger partial charge in [0.15, 0.2) is 0 Å². The normalized spacial score (nSPS) is 15.9. The number of fused-ring (bicyclic) bond motifs is 1. The van der Waals surface area contributed by atoms with Crippen LogP contribution in [0.3, 0.4) is 0 Å². The van der Waals surface area contributed by atoms with Crippen LogP contribution in [0, 0.1) is 5.92 Å². The number of rotatable bonds is 7. The van der Waals surface area contributed by atoms with Gasteiger partial charge in [-0.3, -0.25) is 4.79 Å². The van der Waals surface area contributed by atoms with Crippen molar-refractivity contribution in [3.05, 3.63) is 59.6 Å². The molecular weight excluding hydrogens is 470 g/mol. The van der Waals surface area contributed by atoms with Crippen molar-refractivity contribution in [3.63, 3.8) is 0 Å². The van der Waals surface area contributed by atoms with Crippen LogP contribution in [0.15, 0.2) is 54.7 Å². The highest BCUT2D eigenvalue weighted by Gasteiger charge is 2.26. The van der Waals surface area contributed by atoms with Crippen molar-refractivity contribution in [1.29, 1.82) is 0 Å². The van der Waals surface area contributed by atoms with Crippen LogP contribution in [-0.2, 0) is 0 Å². The van der Waals surface area contributed by atoms with Crippen molar-refractivity contribution >= 4 is 44.8 Å². The lowest BCUT2D eigenvalue weighted by molar-refractivity contribution is 0.100. The van der Waals surface area contributed by atoms with Crippen LogP contribution in [0.2, 0.25) is 0 Å². The number of hydrogen-bond acceptors (Lipinski definition) is 7. The maximum absolute atomic E-state index is 12.2. The highest BCUT2D eigenvalue weighted by atomic mass is 32.1. The second-order valence-corrected chi connectivity index (χ2v) is 10.5. The first-order valence-electron chi connectivity index (χ1n) is 12.3. The van der Waals surface area contributed by atoms with Gasteiger partial charge in [-0.05, 0) is 42.9 Å². The number of nitrogens with two attached hydrogens (primary N) is 1. The number of thiophene rings is 1. The number of nitrogens with one attached hydrogen (secondary N) is 1. The number of piperidine rings is 1. The Kier molecular flexibility index (Phi) is 6.78. The van der Waals surface area contributed by atoms with Gasteiger partial charge >= 0.3 is 0 Å². The third-order valence-electron chi connectivity index (χ3n) is 6.80. The lowest BCUT2D eigenvalue weighted by atomic mass is 9.92. The Morgan fingerprint density at radius 3 is 2.72 bits per heavy atom. The summed E-state index contributed by atoms with van der Waals surface area (Å²) < 4.78 is 6.56. The first kappa shape index (κ1) is 24.1. The fourth-order valence-corrected chi connectivity index (χ4v) is 6.04. The molecule has 1 amide bonds. The first-order valence-corrected chi connectivity index (χ1v) is 13.1. The van der Waals surface area contributed by atoms with Crippen LogP contribution < -0.4 is 20.7 Å². The Morgan fingerprint density at radius 1 is 1.19 bits per heavy atom. The third-order valence-corrected chi connectivity index (χ3v) is 7.93. The zero-order valence-corrected chi connectivity index (χ0v) is 21.6. The average molecular weight is 502 g/mol. The van der Waals surface area contributed by atoms with Gasteiger partial charge in [0.1, 0.15) is 10.6 Å². The molecule has 3 heterocycles. The number of aromatic nitrogens is 2. The van der Waals surface area contributed by atoms with Crippen molar-refractivity contribution in [1.82, 2.24) is 9.97 Å². The summed E-state index contributed by atoms with van der Waals surface area (Å²) in [5.74, 6) is 1.28. The number of hydrogen-bond donors (Lipinski definition) is 2. The van der Waals surface area contributed by atoms with E-state index < -0.39 is 5.91 Å². The summed E-state index contributed by atoms with van der Waals surface area (Å²) in [5.41, 5.74) is 9.98. The number of benzene rings is 2. The van der Waals surface area contributed by atoms with Gasteiger partial charge in [0, 0.05) is 29.9 Å². The second-order valence-electron chi connectivity index (χ2n) is 9.45. The quantitative estimate of drug-likeness (QED) is 0.312. The number of nitrogens with zero attached hydrogens (tertiary/aromatic N) is 3. The van der Waals surface area contributed by atoms with Crippen LogP contribution in [0.25, 0.3) is 21.3 Å². The van der Waals surface area contributed by atoms with Gasteiger partial charge in [0.25, 0.3) is 5.91 Å². The van der Waals surface area contributed by atoms with Crippen LogP contribution in [0.4, 0.5) is 17.3 Å². The number of carbonyl (C=O) groups excluding carboxylic acids is 1. The molecule has 1 saturated heterocycles. The lowest BCUT2D eigenvalue weighted by Crippen LogP contribution is -2.42. The van der Waals surface area contributed by atoms with Gasteiger partial charge in [-0.1, -0.05) is 44.2 Å². The Hall–Kier alpha value is -3.65. The van der Waals surface area contributed by atoms with Crippen molar-refractivity contribution < 1.29 is 9.53 Å². The largest absolute Gasteiger partial charge is 0.494 e. The van der Waals surface area contributed by atoms with Crippen molar-refractivity contribution in [2.75, 3.05) is 23.9 Å². The SMILES string of the molecule is COc1cc(N2CCCCC2C(C)C)ccc1Nc1ncc2sc(C(N)=O)c(-c3ccccc3)c2n1. The fourth-order valence-electron chi connectivity index (χ4n) is 5.05. The molecule has 1 aliphatic heterocycles.